The molecule has 3 aliphatic heterocycles. The van der Waals surface area contributed by atoms with Crippen molar-refractivity contribution in [1.82, 2.24) is 20.2 Å². The third-order valence-electron chi connectivity index (χ3n) is 6.96. The summed E-state index contributed by atoms with van der Waals surface area (Å²) in [6.45, 7) is 3.84. The lowest BCUT2D eigenvalue weighted by Gasteiger charge is -2.51. The molecular weight excluding hydrogens is 493 g/mol. The van der Waals surface area contributed by atoms with E-state index in [2.05, 4.69) is 25.5 Å². The number of anilines is 3. The van der Waals surface area contributed by atoms with Crippen LogP contribution in [0.5, 0.6) is 11.5 Å². The molecule has 35 heavy (non-hydrogen) atoms. The predicted molar refractivity (Wildman–Crippen MR) is 136 cm³/mol. The van der Waals surface area contributed by atoms with Crippen molar-refractivity contribution in [2.45, 2.75) is 31.5 Å². The van der Waals surface area contributed by atoms with Crippen molar-refractivity contribution in [2.24, 2.45) is 0 Å². The van der Waals surface area contributed by atoms with Gasteiger partial charge in [-0.3, -0.25) is 14.7 Å². The Morgan fingerprint density at radius 3 is 2.34 bits per heavy atom. The second-order valence-corrected chi connectivity index (χ2v) is 9.63. The first-order chi connectivity index (χ1) is 17.0. The summed E-state index contributed by atoms with van der Waals surface area (Å²) in [4.78, 5) is 28.9. The van der Waals surface area contributed by atoms with Crippen LogP contribution in [-0.4, -0.2) is 80.4 Å². The van der Waals surface area contributed by atoms with Crippen LogP contribution in [0.2, 0.25) is 10.0 Å². The van der Waals surface area contributed by atoms with Gasteiger partial charge in [0.2, 0.25) is 5.95 Å². The SMILES string of the molecule is CNc1ncc2c(n1)N(C1CN(C3CCNCC3)C1)C(=O)N(c1c(Cl)c(OC)cc(OC)c1Cl)C2. The predicted octanol–water partition coefficient (Wildman–Crippen LogP) is 3.23. The summed E-state index contributed by atoms with van der Waals surface area (Å²) < 4.78 is 10.9. The van der Waals surface area contributed by atoms with E-state index in [0.717, 1.165) is 44.6 Å². The molecule has 0 aliphatic carbocycles. The van der Waals surface area contributed by atoms with E-state index < -0.39 is 0 Å². The smallest absolute Gasteiger partial charge is 0.330 e. The molecule has 0 radical (unpaired) electrons. The molecule has 2 fully saturated rings. The molecule has 1 aromatic carbocycles. The minimum Gasteiger partial charge on any atom is -0.495 e. The number of ether oxygens (including phenoxy) is 2. The number of carbonyl (C=O) groups excluding carboxylic acids is 1. The number of aromatic nitrogens is 2. The first-order valence-electron chi connectivity index (χ1n) is 11.7. The van der Waals surface area contributed by atoms with Gasteiger partial charge in [-0.15, -0.1) is 0 Å². The fraction of sp³-hybridized carbons (Fsp3) is 0.522. The van der Waals surface area contributed by atoms with Gasteiger partial charge in [-0.05, 0) is 25.9 Å². The summed E-state index contributed by atoms with van der Waals surface area (Å²) in [7, 11) is 4.77. The largest absolute Gasteiger partial charge is 0.495 e. The van der Waals surface area contributed by atoms with Crippen LogP contribution in [0.4, 0.5) is 22.2 Å². The fourth-order valence-electron chi connectivity index (χ4n) is 5.03. The zero-order chi connectivity index (χ0) is 24.7. The molecule has 5 rings (SSSR count). The van der Waals surface area contributed by atoms with Crippen LogP contribution in [0.15, 0.2) is 12.3 Å². The molecule has 3 aliphatic rings. The van der Waals surface area contributed by atoms with E-state index in [-0.39, 0.29) is 28.7 Å². The van der Waals surface area contributed by atoms with Gasteiger partial charge in [0.1, 0.15) is 27.4 Å². The van der Waals surface area contributed by atoms with E-state index >= 15 is 0 Å². The molecule has 4 heterocycles. The van der Waals surface area contributed by atoms with Crippen molar-refractivity contribution >= 4 is 46.7 Å². The quantitative estimate of drug-likeness (QED) is 0.598. The summed E-state index contributed by atoms with van der Waals surface area (Å²) in [6.07, 6.45) is 3.97. The van der Waals surface area contributed by atoms with Crippen molar-refractivity contribution in [3.8, 4) is 11.5 Å². The number of carbonyl (C=O) groups is 1. The molecule has 1 aromatic heterocycles. The molecule has 0 saturated carbocycles. The maximum Gasteiger partial charge on any atom is 0.330 e. The van der Waals surface area contributed by atoms with E-state index in [1.165, 1.54) is 14.2 Å². The minimum atomic E-state index is -0.243. The van der Waals surface area contributed by atoms with Gasteiger partial charge >= 0.3 is 6.03 Å². The molecule has 2 amide bonds. The molecule has 2 aromatic rings. The number of amides is 2. The molecule has 0 spiro atoms. The van der Waals surface area contributed by atoms with Crippen LogP contribution in [-0.2, 0) is 6.54 Å². The Labute approximate surface area is 214 Å². The highest BCUT2D eigenvalue weighted by Gasteiger charge is 2.45. The number of hydrogen-bond acceptors (Lipinski definition) is 8. The first-order valence-corrected chi connectivity index (χ1v) is 12.4. The van der Waals surface area contributed by atoms with Crippen LogP contribution < -0.4 is 29.9 Å². The second-order valence-electron chi connectivity index (χ2n) is 8.88. The van der Waals surface area contributed by atoms with Crippen LogP contribution in [0, 0.1) is 0 Å². The van der Waals surface area contributed by atoms with E-state index in [9.17, 15) is 4.79 Å². The average molecular weight is 522 g/mol. The highest BCUT2D eigenvalue weighted by atomic mass is 35.5. The highest BCUT2D eigenvalue weighted by Crippen LogP contribution is 2.48. The third kappa shape index (κ3) is 4.22. The van der Waals surface area contributed by atoms with Gasteiger partial charge in [0.15, 0.2) is 0 Å². The van der Waals surface area contributed by atoms with Crippen LogP contribution in [0.25, 0.3) is 0 Å². The van der Waals surface area contributed by atoms with Gasteiger partial charge < -0.3 is 20.1 Å². The lowest BCUT2D eigenvalue weighted by Crippen LogP contribution is -2.67. The number of rotatable bonds is 6. The van der Waals surface area contributed by atoms with E-state index in [1.54, 1.807) is 29.1 Å². The lowest BCUT2D eigenvalue weighted by atomic mass is 9.97. The standard InChI is InChI=1S/C23H29Cl2N7O3/c1-26-22-28-9-13-10-31(20-18(24)16(34-2)8-17(35-3)19(20)25)23(33)32(21(13)29-22)15-11-30(12-15)14-4-6-27-7-5-14/h8-9,14-15,27H,4-7,10-12H2,1-3H3,(H,26,28,29). The molecule has 10 nitrogen and oxygen atoms in total. The van der Waals surface area contributed by atoms with E-state index in [4.69, 9.17) is 32.7 Å². The number of urea groups is 1. The van der Waals surface area contributed by atoms with Crippen LogP contribution in [0.1, 0.15) is 18.4 Å². The third-order valence-corrected chi connectivity index (χ3v) is 7.69. The van der Waals surface area contributed by atoms with Gasteiger partial charge in [-0.25, -0.2) is 9.78 Å². The Morgan fingerprint density at radius 2 is 1.74 bits per heavy atom. The first kappa shape index (κ1) is 24.2. The number of benzene rings is 1. The van der Waals surface area contributed by atoms with Crippen molar-refractivity contribution in [1.29, 1.82) is 0 Å². The zero-order valence-corrected chi connectivity index (χ0v) is 21.5. The van der Waals surface area contributed by atoms with Crippen LogP contribution in [0.3, 0.4) is 0 Å². The molecule has 188 valence electrons. The summed E-state index contributed by atoms with van der Waals surface area (Å²) in [6, 6.07) is 1.88. The molecule has 2 N–H and O–H groups in total. The van der Waals surface area contributed by atoms with Gasteiger partial charge in [-0.2, -0.15) is 4.98 Å². The topological polar surface area (TPSA) is 95.1 Å². The monoisotopic (exact) mass is 521 g/mol. The normalized spacial score (nSPS) is 19.4. The second kappa shape index (κ2) is 9.85. The summed E-state index contributed by atoms with van der Waals surface area (Å²) in [5, 5.41) is 6.87. The number of fused-ring (bicyclic) bond motifs is 1. The number of halogens is 2. The van der Waals surface area contributed by atoms with Gasteiger partial charge in [0.05, 0.1) is 32.5 Å². The highest BCUT2D eigenvalue weighted by molar-refractivity contribution is 6.42. The lowest BCUT2D eigenvalue weighted by molar-refractivity contribution is 0.0733. The molecule has 12 heteroatoms. The van der Waals surface area contributed by atoms with Crippen molar-refractivity contribution < 1.29 is 14.3 Å². The summed E-state index contributed by atoms with van der Waals surface area (Å²) in [5.41, 5.74) is 1.15. The Hall–Kier alpha value is -2.53. The molecular formula is C23H29Cl2N7O3. The Kier molecular flexibility index (Phi) is 6.80. The minimum absolute atomic E-state index is 0.0244. The van der Waals surface area contributed by atoms with Crippen molar-refractivity contribution in [3.05, 3.63) is 27.9 Å². The maximum atomic E-state index is 14.1. The number of hydrogen-bond donors (Lipinski definition) is 2. The Morgan fingerprint density at radius 1 is 1.09 bits per heavy atom. The molecule has 0 unspecified atom stereocenters. The number of methoxy groups -OCH3 is 2. The summed E-state index contributed by atoms with van der Waals surface area (Å²) >= 11 is 13.4. The Bertz CT molecular complexity index is 1090. The average Bonchev–Trinajstić information content (AvgIpc) is 2.85. The summed E-state index contributed by atoms with van der Waals surface area (Å²) in [5.74, 6) is 1.82. The molecule has 2 saturated heterocycles. The van der Waals surface area contributed by atoms with E-state index in [0.29, 0.717) is 35.0 Å². The fourth-order valence-corrected chi connectivity index (χ4v) is 5.74. The number of likely N-dealkylation sites (tertiary alicyclic amines) is 1. The van der Waals surface area contributed by atoms with Crippen LogP contribution >= 0.6 is 23.2 Å². The van der Waals surface area contributed by atoms with Gasteiger partial charge in [0.25, 0.3) is 0 Å². The Balaban J connectivity index is 1.52. The van der Waals surface area contributed by atoms with Crippen molar-refractivity contribution in [2.75, 3.05) is 62.6 Å². The zero-order valence-electron chi connectivity index (χ0n) is 20.0. The van der Waals surface area contributed by atoms with Gasteiger partial charge in [-0.1, -0.05) is 23.2 Å². The van der Waals surface area contributed by atoms with Crippen molar-refractivity contribution in [3.63, 3.8) is 0 Å². The number of nitrogens with zero attached hydrogens (tertiary/aromatic N) is 5. The molecule has 0 atom stereocenters. The number of nitrogens with one attached hydrogen (secondary N) is 2. The van der Waals surface area contributed by atoms with Gasteiger partial charge in [0, 0.05) is 44.0 Å². The maximum absolute atomic E-state index is 14.1. The molecule has 0 bridgehead atoms. The van der Waals surface area contributed by atoms with E-state index in [1.807, 2.05) is 0 Å². The number of piperidine rings is 1.